The number of aliphatic hydroxyl groups excluding tert-OH is 1. The van der Waals surface area contributed by atoms with Crippen molar-refractivity contribution in [2.45, 2.75) is 20.3 Å². The molecule has 18 heavy (non-hydrogen) atoms. The molecule has 1 saturated heterocycles. The minimum atomic E-state index is -0.127. The number of amides is 1. The molecule has 1 fully saturated rings. The zero-order valence-electron chi connectivity index (χ0n) is 11.3. The maximum atomic E-state index is 12.1. The van der Waals surface area contributed by atoms with E-state index in [-0.39, 0.29) is 18.4 Å². The van der Waals surface area contributed by atoms with Gasteiger partial charge in [0.05, 0.1) is 18.5 Å². The largest absolute Gasteiger partial charge is 0.396 e. The maximum Gasteiger partial charge on any atom is 0.236 e. The predicted octanol–water partition coefficient (Wildman–Crippen LogP) is 0.309. The summed E-state index contributed by atoms with van der Waals surface area (Å²) in [5.41, 5.74) is 0. The lowest BCUT2D eigenvalue weighted by Crippen LogP contribution is -2.41. The molecule has 2 atom stereocenters. The number of carbonyl (C=O) groups excluding carboxylic acids is 1. The lowest BCUT2D eigenvalue weighted by molar-refractivity contribution is -0.132. The topological polar surface area (TPSA) is 67.6 Å². The number of hydrogen-bond acceptors (Lipinski definition) is 4. The van der Waals surface area contributed by atoms with Crippen LogP contribution in [0.25, 0.3) is 0 Å². The summed E-state index contributed by atoms with van der Waals surface area (Å²) in [5, 5.41) is 17.9. The average Bonchev–Trinajstić information content (AvgIpc) is 2.82. The summed E-state index contributed by atoms with van der Waals surface area (Å²) >= 11 is 0. The van der Waals surface area contributed by atoms with Gasteiger partial charge in [0.15, 0.2) is 0 Å². The molecule has 102 valence electrons. The molecule has 0 unspecified atom stereocenters. The van der Waals surface area contributed by atoms with Gasteiger partial charge in [-0.3, -0.25) is 9.69 Å². The summed E-state index contributed by atoms with van der Waals surface area (Å²) in [4.78, 5) is 15.9. The van der Waals surface area contributed by atoms with E-state index in [0.29, 0.717) is 25.6 Å². The highest BCUT2D eigenvalue weighted by molar-refractivity contribution is 5.78. The van der Waals surface area contributed by atoms with Crippen LogP contribution in [0.4, 0.5) is 0 Å². The fraction of sp³-hybridized carbons (Fsp3) is 0.846. The highest BCUT2D eigenvalue weighted by Gasteiger charge is 2.25. The molecular weight excluding hydrogens is 230 g/mol. The number of nitriles is 1. The molecule has 0 aliphatic carbocycles. The third-order valence-electron chi connectivity index (χ3n) is 3.44. The van der Waals surface area contributed by atoms with Gasteiger partial charge in [0, 0.05) is 26.2 Å². The first kappa shape index (κ1) is 14.9. The molecule has 1 heterocycles. The summed E-state index contributed by atoms with van der Waals surface area (Å²) in [6.45, 7) is 7.19. The van der Waals surface area contributed by atoms with Crippen molar-refractivity contribution in [2.75, 3.05) is 39.3 Å². The number of rotatable bonds is 6. The Bertz CT molecular complexity index is 314. The van der Waals surface area contributed by atoms with Crippen molar-refractivity contribution in [3.8, 4) is 6.07 Å². The summed E-state index contributed by atoms with van der Waals surface area (Å²) in [6.07, 6.45) is 0.963. The molecule has 0 saturated carbocycles. The third kappa shape index (κ3) is 4.28. The monoisotopic (exact) mass is 253 g/mol. The first-order chi connectivity index (χ1) is 8.60. The van der Waals surface area contributed by atoms with Crippen LogP contribution in [0.2, 0.25) is 0 Å². The summed E-state index contributed by atoms with van der Waals surface area (Å²) < 4.78 is 0. The molecule has 1 aliphatic heterocycles. The Kier molecular flexibility index (Phi) is 6.10. The van der Waals surface area contributed by atoms with Crippen LogP contribution in [-0.2, 0) is 4.79 Å². The lowest BCUT2D eigenvalue weighted by atomic mass is 10.1. The summed E-state index contributed by atoms with van der Waals surface area (Å²) in [5.74, 6) is 0.266. The Balaban J connectivity index is 2.41. The second-order valence-electron chi connectivity index (χ2n) is 5.03. The molecule has 0 bridgehead atoms. The van der Waals surface area contributed by atoms with E-state index < -0.39 is 0 Å². The Labute approximate surface area is 109 Å². The summed E-state index contributed by atoms with van der Waals surface area (Å²) in [7, 11) is 0. The van der Waals surface area contributed by atoms with E-state index in [4.69, 9.17) is 10.4 Å². The number of aliphatic hydroxyl groups is 1. The van der Waals surface area contributed by atoms with Crippen LogP contribution in [-0.4, -0.2) is 60.1 Å². The van der Waals surface area contributed by atoms with Crippen LogP contribution in [0, 0.1) is 23.2 Å². The summed E-state index contributed by atoms with van der Waals surface area (Å²) in [6, 6.07) is 2.15. The molecule has 0 aromatic carbocycles. The number of hydrogen-bond donors (Lipinski definition) is 1. The van der Waals surface area contributed by atoms with Crippen molar-refractivity contribution < 1.29 is 9.90 Å². The molecule has 1 aliphatic rings. The van der Waals surface area contributed by atoms with E-state index in [9.17, 15) is 4.79 Å². The molecular formula is C13H23N3O2. The van der Waals surface area contributed by atoms with Gasteiger partial charge in [-0.2, -0.15) is 5.26 Å². The van der Waals surface area contributed by atoms with Gasteiger partial charge in [-0.05, 0) is 32.7 Å². The Morgan fingerprint density at radius 2 is 2.39 bits per heavy atom. The first-order valence-electron chi connectivity index (χ1n) is 6.61. The van der Waals surface area contributed by atoms with E-state index in [0.717, 1.165) is 19.5 Å². The van der Waals surface area contributed by atoms with Gasteiger partial charge in [-0.15, -0.1) is 0 Å². The number of nitrogens with zero attached hydrogens (tertiary/aromatic N) is 3. The van der Waals surface area contributed by atoms with Gasteiger partial charge in [-0.25, -0.2) is 0 Å². The third-order valence-corrected chi connectivity index (χ3v) is 3.44. The number of likely N-dealkylation sites (tertiary alicyclic amines) is 1. The van der Waals surface area contributed by atoms with Crippen molar-refractivity contribution >= 4 is 5.91 Å². The smallest absolute Gasteiger partial charge is 0.236 e. The van der Waals surface area contributed by atoms with Crippen LogP contribution in [0.1, 0.15) is 20.3 Å². The van der Waals surface area contributed by atoms with E-state index in [2.05, 4.69) is 11.0 Å². The van der Waals surface area contributed by atoms with Crippen LogP contribution in [0.15, 0.2) is 0 Å². The van der Waals surface area contributed by atoms with Crippen molar-refractivity contribution in [3.05, 3.63) is 0 Å². The fourth-order valence-electron chi connectivity index (χ4n) is 2.28. The maximum absolute atomic E-state index is 12.1. The van der Waals surface area contributed by atoms with Gasteiger partial charge in [0.1, 0.15) is 0 Å². The van der Waals surface area contributed by atoms with Crippen molar-refractivity contribution in [1.82, 2.24) is 9.80 Å². The minimum absolute atomic E-state index is 0.0817. The lowest BCUT2D eigenvalue weighted by Gasteiger charge is -2.25. The fourth-order valence-corrected chi connectivity index (χ4v) is 2.28. The van der Waals surface area contributed by atoms with Crippen molar-refractivity contribution in [2.24, 2.45) is 11.8 Å². The molecule has 0 aromatic heterocycles. The molecule has 5 heteroatoms. The van der Waals surface area contributed by atoms with Gasteiger partial charge in [0.25, 0.3) is 0 Å². The molecule has 0 spiro atoms. The zero-order valence-corrected chi connectivity index (χ0v) is 11.3. The van der Waals surface area contributed by atoms with Crippen LogP contribution in [0.5, 0.6) is 0 Å². The highest BCUT2D eigenvalue weighted by atomic mass is 16.3. The Hall–Kier alpha value is -1.12. The van der Waals surface area contributed by atoms with Gasteiger partial charge < -0.3 is 10.0 Å². The quantitative estimate of drug-likeness (QED) is 0.739. The molecule has 0 radical (unpaired) electrons. The van der Waals surface area contributed by atoms with E-state index in [1.807, 2.05) is 13.8 Å². The van der Waals surface area contributed by atoms with Gasteiger partial charge in [-0.1, -0.05) is 0 Å². The highest BCUT2D eigenvalue weighted by Crippen LogP contribution is 2.15. The van der Waals surface area contributed by atoms with Crippen molar-refractivity contribution in [3.63, 3.8) is 0 Å². The zero-order chi connectivity index (χ0) is 13.5. The first-order valence-corrected chi connectivity index (χ1v) is 6.61. The molecule has 1 N–H and O–H groups in total. The average molecular weight is 253 g/mol. The predicted molar refractivity (Wildman–Crippen MR) is 68.7 cm³/mol. The van der Waals surface area contributed by atoms with Gasteiger partial charge >= 0.3 is 0 Å². The second kappa shape index (κ2) is 7.34. The molecule has 1 rings (SSSR count). The van der Waals surface area contributed by atoms with E-state index in [1.165, 1.54) is 0 Å². The number of likely N-dealkylation sites (N-methyl/N-ethyl adjacent to an activating group) is 1. The SMILES string of the molecule is CCN(C[C@@H](C)C#N)C(=O)CN1CC[C@@H](CO)C1. The van der Waals surface area contributed by atoms with Crippen LogP contribution >= 0.6 is 0 Å². The van der Waals surface area contributed by atoms with E-state index in [1.54, 1.807) is 4.90 Å². The van der Waals surface area contributed by atoms with Gasteiger partial charge in [0.2, 0.25) is 5.91 Å². The van der Waals surface area contributed by atoms with Crippen molar-refractivity contribution in [1.29, 1.82) is 5.26 Å². The Morgan fingerprint density at radius 1 is 1.67 bits per heavy atom. The van der Waals surface area contributed by atoms with Crippen LogP contribution in [0.3, 0.4) is 0 Å². The Morgan fingerprint density at radius 3 is 2.89 bits per heavy atom. The standard InChI is InChI=1S/C13H23N3O2/c1-3-16(7-11(2)6-14)13(18)9-15-5-4-12(8-15)10-17/h11-12,17H,3-5,7-10H2,1-2H3/t11-,12+/m0/s1. The normalized spacial score (nSPS) is 21.6. The number of carbonyl (C=O) groups is 1. The molecule has 5 nitrogen and oxygen atoms in total. The molecule has 1 amide bonds. The van der Waals surface area contributed by atoms with E-state index >= 15 is 0 Å². The van der Waals surface area contributed by atoms with Crippen LogP contribution < -0.4 is 0 Å². The molecule has 0 aromatic rings. The minimum Gasteiger partial charge on any atom is -0.396 e. The second-order valence-corrected chi connectivity index (χ2v) is 5.03.